The fourth-order valence-electron chi connectivity index (χ4n) is 2.46. The molecule has 0 fully saturated rings. The van der Waals surface area contributed by atoms with E-state index < -0.39 is 0 Å². The highest BCUT2D eigenvalue weighted by Gasteiger charge is 2.08. The first-order valence-corrected chi connectivity index (χ1v) is 7.28. The minimum atomic E-state index is 0.708. The van der Waals surface area contributed by atoms with Crippen molar-refractivity contribution in [2.75, 3.05) is 7.05 Å². The number of para-hydroxylation sites is 1. The molecule has 3 rings (SSSR count). The fourth-order valence-corrected chi connectivity index (χ4v) is 2.46. The second kappa shape index (κ2) is 6.11. The van der Waals surface area contributed by atoms with Crippen LogP contribution in [0.2, 0.25) is 0 Å². The number of benzene rings is 1. The molecule has 0 radical (unpaired) electrons. The topological polar surface area (TPSA) is 62.6 Å². The van der Waals surface area contributed by atoms with Crippen molar-refractivity contribution in [2.45, 2.75) is 26.9 Å². The molecule has 0 saturated carbocycles. The van der Waals surface area contributed by atoms with Crippen LogP contribution in [0.25, 0.3) is 5.69 Å². The Hall–Kier alpha value is -2.47. The van der Waals surface area contributed by atoms with Crippen molar-refractivity contribution in [1.82, 2.24) is 29.9 Å². The van der Waals surface area contributed by atoms with Gasteiger partial charge >= 0.3 is 0 Å². The number of nitrogens with zero attached hydrogens (tertiary/aromatic N) is 5. The fraction of sp³-hybridized carbons (Fsp3) is 0.312. The maximum Gasteiger partial charge on any atom is 0.164 e. The van der Waals surface area contributed by atoms with Gasteiger partial charge in [-0.3, -0.25) is 10.00 Å². The first kappa shape index (κ1) is 14.5. The van der Waals surface area contributed by atoms with Crippen molar-refractivity contribution in [3.63, 3.8) is 0 Å². The van der Waals surface area contributed by atoms with E-state index in [4.69, 9.17) is 0 Å². The third-order valence-corrected chi connectivity index (χ3v) is 3.51. The summed E-state index contributed by atoms with van der Waals surface area (Å²) in [6, 6.07) is 8.23. The zero-order valence-corrected chi connectivity index (χ0v) is 13.1. The number of aryl methyl sites for hydroxylation is 2. The molecule has 22 heavy (non-hydrogen) atoms. The molecule has 0 spiro atoms. The predicted octanol–water partition coefficient (Wildman–Crippen LogP) is 2.24. The van der Waals surface area contributed by atoms with Crippen molar-refractivity contribution in [3.05, 3.63) is 59.4 Å². The lowest BCUT2D eigenvalue weighted by Crippen LogP contribution is -2.17. The third kappa shape index (κ3) is 3.23. The largest absolute Gasteiger partial charge is 0.295 e. The van der Waals surface area contributed by atoms with E-state index in [9.17, 15) is 0 Å². The molecule has 1 N–H and O–H groups in total. The van der Waals surface area contributed by atoms with Gasteiger partial charge < -0.3 is 0 Å². The van der Waals surface area contributed by atoms with E-state index in [-0.39, 0.29) is 0 Å². The molecule has 0 aliphatic carbocycles. The van der Waals surface area contributed by atoms with Crippen LogP contribution in [-0.4, -0.2) is 36.9 Å². The molecule has 2 aromatic heterocycles. The molecule has 6 nitrogen and oxygen atoms in total. The number of hydrogen-bond donors (Lipinski definition) is 1. The highest BCUT2D eigenvalue weighted by molar-refractivity contribution is 5.39. The molecular weight excluding hydrogens is 276 g/mol. The van der Waals surface area contributed by atoms with Crippen LogP contribution < -0.4 is 0 Å². The molecule has 0 unspecified atom stereocenters. The van der Waals surface area contributed by atoms with Crippen LogP contribution in [0.15, 0.2) is 36.7 Å². The van der Waals surface area contributed by atoms with Crippen LogP contribution in [0, 0.1) is 13.8 Å². The molecule has 0 aliphatic rings. The van der Waals surface area contributed by atoms with E-state index in [0.29, 0.717) is 6.54 Å². The molecule has 2 heterocycles. The summed E-state index contributed by atoms with van der Waals surface area (Å²) in [6.07, 6.45) is 3.98. The van der Waals surface area contributed by atoms with Crippen LogP contribution in [0.4, 0.5) is 0 Å². The summed E-state index contributed by atoms with van der Waals surface area (Å²) in [5.41, 5.74) is 3.49. The van der Waals surface area contributed by atoms with E-state index in [2.05, 4.69) is 57.5 Å². The smallest absolute Gasteiger partial charge is 0.164 e. The summed E-state index contributed by atoms with van der Waals surface area (Å²) in [5.74, 6) is 1.65. The lowest BCUT2D eigenvalue weighted by Gasteiger charge is -2.12. The standard InChI is InChI=1S/C16H20N6/c1-12-6-4-5-7-15(12)22-10-14(8-17-22)9-21(3)11-16-18-13(2)19-20-16/h4-8,10H,9,11H2,1-3H3,(H,18,19,20). The number of aromatic amines is 1. The molecule has 0 amide bonds. The monoisotopic (exact) mass is 296 g/mol. The maximum atomic E-state index is 4.46. The van der Waals surface area contributed by atoms with Gasteiger partial charge in [-0.25, -0.2) is 9.67 Å². The highest BCUT2D eigenvalue weighted by atomic mass is 15.3. The van der Waals surface area contributed by atoms with E-state index >= 15 is 0 Å². The van der Waals surface area contributed by atoms with Gasteiger partial charge in [0.1, 0.15) is 5.82 Å². The molecule has 3 aromatic rings. The van der Waals surface area contributed by atoms with Crippen LogP contribution >= 0.6 is 0 Å². The average Bonchev–Trinajstić information content (AvgIpc) is 3.09. The van der Waals surface area contributed by atoms with Crippen molar-refractivity contribution in [1.29, 1.82) is 0 Å². The maximum absolute atomic E-state index is 4.46. The summed E-state index contributed by atoms with van der Waals surface area (Å²) in [5, 5.41) is 11.5. The van der Waals surface area contributed by atoms with E-state index in [1.807, 2.05) is 29.9 Å². The van der Waals surface area contributed by atoms with E-state index in [1.54, 1.807) is 0 Å². The van der Waals surface area contributed by atoms with Gasteiger partial charge in [0.15, 0.2) is 5.82 Å². The number of hydrogen-bond acceptors (Lipinski definition) is 4. The number of H-pyrrole nitrogens is 1. The van der Waals surface area contributed by atoms with Crippen LogP contribution in [0.5, 0.6) is 0 Å². The minimum Gasteiger partial charge on any atom is -0.295 e. The molecular formula is C16H20N6. The Balaban J connectivity index is 1.68. The summed E-state index contributed by atoms with van der Waals surface area (Å²) >= 11 is 0. The van der Waals surface area contributed by atoms with E-state index in [1.165, 1.54) is 5.56 Å². The van der Waals surface area contributed by atoms with Gasteiger partial charge in [-0.05, 0) is 32.5 Å². The Kier molecular flexibility index (Phi) is 4.02. The molecule has 114 valence electrons. The lowest BCUT2D eigenvalue weighted by atomic mass is 10.2. The van der Waals surface area contributed by atoms with Gasteiger partial charge in [0.05, 0.1) is 18.4 Å². The van der Waals surface area contributed by atoms with Crippen molar-refractivity contribution < 1.29 is 0 Å². The Labute approximate surface area is 129 Å². The Bertz CT molecular complexity index is 757. The van der Waals surface area contributed by atoms with Crippen LogP contribution in [-0.2, 0) is 13.1 Å². The normalized spacial score (nSPS) is 11.3. The average molecular weight is 296 g/mol. The summed E-state index contributed by atoms with van der Waals surface area (Å²) in [7, 11) is 2.05. The van der Waals surface area contributed by atoms with Crippen LogP contribution in [0.1, 0.15) is 22.8 Å². The SMILES string of the molecule is Cc1nc(CN(C)Cc2cnn(-c3ccccc3C)c2)n[nH]1. The zero-order valence-electron chi connectivity index (χ0n) is 13.1. The van der Waals surface area contributed by atoms with Gasteiger partial charge in [0.2, 0.25) is 0 Å². The van der Waals surface area contributed by atoms with Gasteiger partial charge in [0, 0.05) is 18.3 Å². The first-order valence-electron chi connectivity index (χ1n) is 7.28. The molecule has 0 aliphatic heterocycles. The second-order valence-electron chi connectivity index (χ2n) is 5.59. The third-order valence-electron chi connectivity index (χ3n) is 3.51. The number of rotatable bonds is 5. The molecule has 0 saturated heterocycles. The molecule has 6 heteroatoms. The Morgan fingerprint density at radius 3 is 2.73 bits per heavy atom. The van der Waals surface area contributed by atoms with Crippen molar-refractivity contribution >= 4 is 0 Å². The quantitative estimate of drug-likeness (QED) is 0.784. The lowest BCUT2D eigenvalue weighted by molar-refractivity contribution is 0.311. The van der Waals surface area contributed by atoms with Gasteiger partial charge in [-0.15, -0.1) is 0 Å². The molecule has 1 aromatic carbocycles. The summed E-state index contributed by atoms with van der Waals surface area (Å²) < 4.78 is 1.93. The highest BCUT2D eigenvalue weighted by Crippen LogP contribution is 2.14. The Morgan fingerprint density at radius 1 is 1.18 bits per heavy atom. The molecule has 0 bridgehead atoms. The summed E-state index contributed by atoms with van der Waals surface area (Å²) in [6.45, 7) is 5.51. The zero-order chi connectivity index (χ0) is 15.5. The number of aromatic nitrogens is 5. The molecule has 0 atom stereocenters. The van der Waals surface area contributed by atoms with Gasteiger partial charge in [-0.1, -0.05) is 18.2 Å². The van der Waals surface area contributed by atoms with Gasteiger partial charge in [-0.2, -0.15) is 10.2 Å². The summed E-state index contributed by atoms with van der Waals surface area (Å²) in [4.78, 5) is 6.50. The Morgan fingerprint density at radius 2 is 2.00 bits per heavy atom. The minimum absolute atomic E-state index is 0.708. The van der Waals surface area contributed by atoms with Crippen molar-refractivity contribution in [2.24, 2.45) is 0 Å². The first-order chi connectivity index (χ1) is 10.6. The van der Waals surface area contributed by atoms with Gasteiger partial charge in [0.25, 0.3) is 0 Å². The second-order valence-corrected chi connectivity index (χ2v) is 5.59. The van der Waals surface area contributed by atoms with Crippen LogP contribution in [0.3, 0.4) is 0 Å². The van der Waals surface area contributed by atoms with E-state index in [0.717, 1.165) is 29.4 Å². The number of nitrogens with one attached hydrogen (secondary N) is 1. The van der Waals surface area contributed by atoms with Crippen molar-refractivity contribution in [3.8, 4) is 5.69 Å². The predicted molar refractivity (Wildman–Crippen MR) is 84.6 cm³/mol.